The van der Waals surface area contributed by atoms with Gasteiger partial charge in [0.25, 0.3) is 0 Å². The first-order chi connectivity index (χ1) is 15.9. The van der Waals surface area contributed by atoms with Gasteiger partial charge >= 0.3 is 12.1 Å². The Kier molecular flexibility index (Phi) is 5.35. The first kappa shape index (κ1) is 23.6. The largest absolute Gasteiger partial charge is 0.507 e. The molecule has 0 amide bonds. The summed E-state index contributed by atoms with van der Waals surface area (Å²) in [4.78, 5) is 38.2. The second-order valence-electron chi connectivity index (χ2n) is 8.12. The van der Waals surface area contributed by atoms with E-state index in [2.05, 4.69) is 4.74 Å². The van der Waals surface area contributed by atoms with Crippen LogP contribution in [0.25, 0.3) is 0 Å². The van der Waals surface area contributed by atoms with Crippen LogP contribution in [0.5, 0.6) is 17.2 Å². The summed E-state index contributed by atoms with van der Waals surface area (Å²) >= 11 is 0. The van der Waals surface area contributed by atoms with E-state index in [9.17, 15) is 42.9 Å². The minimum absolute atomic E-state index is 0.0513. The minimum atomic E-state index is -5.40. The lowest BCUT2D eigenvalue weighted by molar-refractivity contribution is -0.218. The molecule has 0 saturated carbocycles. The molecule has 3 N–H and O–H groups in total. The Bertz CT molecular complexity index is 1250. The van der Waals surface area contributed by atoms with E-state index in [1.165, 1.54) is 32.2 Å². The van der Waals surface area contributed by atoms with E-state index in [0.717, 1.165) is 0 Å². The molecule has 180 valence electrons. The summed E-state index contributed by atoms with van der Waals surface area (Å²) in [6, 6.07) is 4.14. The van der Waals surface area contributed by atoms with Crippen LogP contribution < -0.4 is 4.74 Å². The molecule has 34 heavy (non-hydrogen) atoms. The van der Waals surface area contributed by atoms with Crippen LogP contribution in [-0.4, -0.2) is 51.7 Å². The van der Waals surface area contributed by atoms with E-state index in [4.69, 9.17) is 4.74 Å². The summed E-state index contributed by atoms with van der Waals surface area (Å²) in [5, 5.41) is 33.0. The van der Waals surface area contributed by atoms with Crippen molar-refractivity contribution in [2.24, 2.45) is 0 Å². The maximum absolute atomic E-state index is 13.3. The number of esters is 1. The van der Waals surface area contributed by atoms with Crippen molar-refractivity contribution >= 4 is 17.5 Å². The van der Waals surface area contributed by atoms with Gasteiger partial charge in [0.1, 0.15) is 22.8 Å². The average Bonchev–Trinajstić information content (AvgIpc) is 2.79. The molecule has 0 heterocycles. The third-order valence-corrected chi connectivity index (χ3v) is 6.39. The number of aromatic hydroxyl groups is 2. The van der Waals surface area contributed by atoms with Gasteiger partial charge < -0.3 is 24.8 Å². The molecule has 2 aliphatic rings. The van der Waals surface area contributed by atoms with Gasteiger partial charge in [0.2, 0.25) is 5.78 Å². The quantitative estimate of drug-likeness (QED) is 0.385. The number of carbonyl (C=O) groups is 3. The standard InChI is InChI=1S/C23H19F3O8/c1-3-22(32)8-7-10-13(20(22)34-21(31)23(24,25)26)19(30)15-14(17(10)28)18(29)12-9(16(15)27)5-4-6-11(12)33-2/h4-6,20,28,30,32H,3,7-8H2,1-2H3/t20-,22-/m1/s1. The third-order valence-electron chi connectivity index (χ3n) is 6.39. The number of rotatable bonds is 3. The predicted octanol–water partition coefficient (Wildman–Crippen LogP) is 3.12. The molecule has 0 aliphatic heterocycles. The van der Waals surface area contributed by atoms with E-state index in [1.807, 2.05) is 0 Å². The molecular weight excluding hydrogens is 461 g/mol. The maximum atomic E-state index is 13.3. The third kappa shape index (κ3) is 3.22. The molecule has 0 saturated heterocycles. The first-order valence-electron chi connectivity index (χ1n) is 10.2. The van der Waals surface area contributed by atoms with Crippen LogP contribution in [0.2, 0.25) is 0 Å². The number of ether oxygens (including phenoxy) is 2. The number of phenolic OH excluding ortho intramolecular Hbond substituents is 2. The van der Waals surface area contributed by atoms with Crippen molar-refractivity contribution in [1.82, 2.24) is 0 Å². The number of benzene rings is 2. The van der Waals surface area contributed by atoms with Crippen molar-refractivity contribution < 1.29 is 52.3 Å². The second kappa shape index (κ2) is 7.73. The normalized spacial score (nSPS) is 21.4. The summed E-state index contributed by atoms with van der Waals surface area (Å²) in [6.45, 7) is 1.44. The van der Waals surface area contributed by atoms with Gasteiger partial charge in [0.05, 0.1) is 23.8 Å². The van der Waals surface area contributed by atoms with E-state index in [-0.39, 0.29) is 41.7 Å². The molecular formula is C23H19F3O8. The van der Waals surface area contributed by atoms with Crippen LogP contribution in [0.15, 0.2) is 18.2 Å². The number of halogens is 3. The van der Waals surface area contributed by atoms with Crippen molar-refractivity contribution in [2.45, 2.75) is 44.1 Å². The molecule has 0 unspecified atom stereocenters. The Morgan fingerprint density at radius 1 is 1.12 bits per heavy atom. The van der Waals surface area contributed by atoms with Crippen LogP contribution in [0.1, 0.15) is 68.8 Å². The molecule has 8 nitrogen and oxygen atoms in total. The van der Waals surface area contributed by atoms with Crippen LogP contribution >= 0.6 is 0 Å². The Morgan fingerprint density at radius 2 is 1.76 bits per heavy atom. The molecule has 0 bridgehead atoms. The van der Waals surface area contributed by atoms with E-state index in [1.54, 1.807) is 0 Å². The van der Waals surface area contributed by atoms with Gasteiger partial charge in [-0.3, -0.25) is 9.59 Å². The van der Waals surface area contributed by atoms with Gasteiger partial charge in [0.15, 0.2) is 11.9 Å². The number of fused-ring (bicyclic) bond motifs is 3. The zero-order chi connectivity index (χ0) is 25.2. The van der Waals surface area contributed by atoms with Gasteiger partial charge in [-0.25, -0.2) is 4.79 Å². The monoisotopic (exact) mass is 480 g/mol. The molecule has 0 aromatic heterocycles. The number of phenols is 2. The van der Waals surface area contributed by atoms with Crippen LogP contribution in [0.4, 0.5) is 13.2 Å². The SMILES string of the molecule is CC[C@@]1(O)CCc2c(O)c3c(c(O)c2[C@H]1OC(=O)C(F)(F)F)C(=O)c1cccc(OC)c1C3=O. The zero-order valence-electron chi connectivity index (χ0n) is 17.9. The average molecular weight is 480 g/mol. The van der Waals surface area contributed by atoms with Crippen LogP contribution in [-0.2, 0) is 16.0 Å². The van der Waals surface area contributed by atoms with Crippen molar-refractivity contribution in [3.8, 4) is 17.2 Å². The summed E-state index contributed by atoms with van der Waals surface area (Å²) in [7, 11) is 1.28. The molecule has 2 aliphatic carbocycles. The van der Waals surface area contributed by atoms with Crippen molar-refractivity contribution in [2.75, 3.05) is 7.11 Å². The molecule has 2 atom stereocenters. The lowest BCUT2D eigenvalue weighted by atomic mass is 9.72. The van der Waals surface area contributed by atoms with Crippen molar-refractivity contribution in [3.05, 3.63) is 51.6 Å². The lowest BCUT2D eigenvalue weighted by Gasteiger charge is -2.41. The zero-order valence-corrected chi connectivity index (χ0v) is 17.9. The summed E-state index contributed by atoms with van der Waals surface area (Å²) in [5.74, 6) is -5.99. The molecule has 0 spiro atoms. The number of hydrogen-bond donors (Lipinski definition) is 3. The molecule has 0 radical (unpaired) electrons. The number of hydrogen-bond acceptors (Lipinski definition) is 8. The highest BCUT2D eigenvalue weighted by atomic mass is 19.4. The highest BCUT2D eigenvalue weighted by Gasteiger charge is 2.52. The lowest BCUT2D eigenvalue weighted by Crippen LogP contribution is -2.44. The summed E-state index contributed by atoms with van der Waals surface area (Å²) in [5.41, 5.74) is -4.27. The molecule has 4 rings (SSSR count). The van der Waals surface area contributed by atoms with E-state index >= 15 is 0 Å². The number of aliphatic hydroxyl groups is 1. The summed E-state index contributed by atoms with van der Waals surface area (Å²) in [6.07, 6.45) is -8.06. The molecule has 0 fully saturated rings. The van der Waals surface area contributed by atoms with Gasteiger partial charge in [-0.2, -0.15) is 13.2 Å². The van der Waals surface area contributed by atoms with E-state index < -0.39 is 63.6 Å². The Labute approximate surface area is 190 Å². The molecule has 2 aromatic carbocycles. The maximum Gasteiger partial charge on any atom is 0.490 e. The van der Waals surface area contributed by atoms with Gasteiger partial charge in [0, 0.05) is 16.7 Å². The highest BCUT2D eigenvalue weighted by molar-refractivity contribution is 6.31. The van der Waals surface area contributed by atoms with Crippen LogP contribution in [0, 0.1) is 0 Å². The Morgan fingerprint density at radius 3 is 2.35 bits per heavy atom. The fourth-order valence-corrected chi connectivity index (χ4v) is 4.60. The number of ketones is 2. The molecule has 11 heteroatoms. The summed E-state index contributed by atoms with van der Waals surface area (Å²) < 4.78 is 48.6. The van der Waals surface area contributed by atoms with Crippen molar-refractivity contribution in [3.63, 3.8) is 0 Å². The minimum Gasteiger partial charge on any atom is -0.507 e. The Balaban J connectivity index is 2.00. The number of carbonyl (C=O) groups excluding carboxylic acids is 3. The van der Waals surface area contributed by atoms with E-state index in [0.29, 0.717) is 0 Å². The second-order valence-corrected chi connectivity index (χ2v) is 8.12. The highest BCUT2D eigenvalue weighted by Crippen LogP contribution is 2.53. The van der Waals surface area contributed by atoms with Gasteiger partial charge in [-0.15, -0.1) is 0 Å². The van der Waals surface area contributed by atoms with Crippen molar-refractivity contribution in [1.29, 1.82) is 0 Å². The number of alkyl halides is 3. The number of methoxy groups -OCH3 is 1. The van der Waals surface area contributed by atoms with Gasteiger partial charge in [-0.05, 0) is 25.3 Å². The first-order valence-corrected chi connectivity index (χ1v) is 10.2. The fourth-order valence-electron chi connectivity index (χ4n) is 4.60. The topological polar surface area (TPSA) is 130 Å². The predicted molar refractivity (Wildman–Crippen MR) is 108 cm³/mol. The smallest absolute Gasteiger partial charge is 0.490 e. The molecule has 2 aromatic rings. The fraction of sp³-hybridized carbons (Fsp3) is 0.348. The Hall–Kier alpha value is -3.60. The van der Waals surface area contributed by atoms with Gasteiger partial charge in [-0.1, -0.05) is 19.1 Å². The van der Waals surface area contributed by atoms with Crippen LogP contribution in [0.3, 0.4) is 0 Å².